The molecule has 2 aromatic carbocycles. The van der Waals surface area contributed by atoms with Crippen molar-refractivity contribution in [1.82, 2.24) is 9.97 Å². The molecular formula is C20H18N2O3. The van der Waals surface area contributed by atoms with E-state index in [1.54, 1.807) is 0 Å². The fourth-order valence-electron chi connectivity index (χ4n) is 2.94. The van der Waals surface area contributed by atoms with Gasteiger partial charge in [-0.1, -0.05) is 42.0 Å². The molecule has 126 valence electrons. The Bertz CT molecular complexity index is 991. The van der Waals surface area contributed by atoms with Crippen LogP contribution in [0.3, 0.4) is 0 Å². The standard InChI is InChI=1S/C20H18N2O3/c1-3-24-16-6-4-5-14-11-15-19(23)21-18(22-20(15)25-17(14)16)13-9-7-12(2)8-10-13/h4-10H,3,11H2,1-2H3,(H,21,22,23). The van der Waals surface area contributed by atoms with Gasteiger partial charge in [-0.2, -0.15) is 4.98 Å². The van der Waals surface area contributed by atoms with Crippen molar-refractivity contribution >= 4 is 0 Å². The van der Waals surface area contributed by atoms with Gasteiger partial charge in [0.15, 0.2) is 11.5 Å². The first kappa shape index (κ1) is 15.4. The Morgan fingerprint density at radius 3 is 2.76 bits per heavy atom. The summed E-state index contributed by atoms with van der Waals surface area (Å²) in [6.07, 6.45) is 0.474. The molecule has 0 spiro atoms. The first-order valence-electron chi connectivity index (χ1n) is 8.28. The molecule has 0 saturated heterocycles. The lowest BCUT2D eigenvalue weighted by molar-refractivity contribution is 0.315. The largest absolute Gasteiger partial charge is 0.490 e. The van der Waals surface area contributed by atoms with Gasteiger partial charge in [-0.3, -0.25) is 4.79 Å². The fraction of sp³-hybridized carbons (Fsp3) is 0.200. The number of benzene rings is 2. The fourth-order valence-corrected chi connectivity index (χ4v) is 2.94. The van der Waals surface area contributed by atoms with E-state index in [0.29, 0.717) is 41.8 Å². The molecule has 3 aromatic rings. The van der Waals surface area contributed by atoms with Crippen molar-refractivity contribution in [1.29, 1.82) is 0 Å². The molecule has 2 heterocycles. The number of hydrogen-bond donors (Lipinski definition) is 1. The van der Waals surface area contributed by atoms with Gasteiger partial charge in [-0.05, 0) is 19.9 Å². The Kier molecular flexibility index (Phi) is 3.76. The Hall–Kier alpha value is -3.08. The minimum atomic E-state index is -0.173. The van der Waals surface area contributed by atoms with Gasteiger partial charge in [0.2, 0.25) is 5.88 Å². The molecule has 0 atom stereocenters. The van der Waals surface area contributed by atoms with Crippen molar-refractivity contribution in [2.45, 2.75) is 20.3 Å². The summed E-state index contributed by atoms with van der Waals surface area (Å²) in [4.78, 5) is 19.9. The summed E-state index contributed by atoms with van der Waals surface area (Å²) in [5, 5.41) is 0. The molecule has 0 fully saturated rings. The number of H-pyrrole nitrogens is 1. The van der Waals surface area contributed by atoms with E-state index in [1.165, 1.54) is 0 Å². The molecule has 1 aliphatic rings. The molecule has 0 radical (unpaired) electrons. The minimum absolute atomic E-state index is 0.173. The highest BCUT2D eigenvalue weighted by Crippen LogP contribution is 2.40. The summed E-state index contributed by atoms with van der Waals surface area (Å²) in [6, 6.07) is 13.5. The van der Waals surface area contributed by atoms with Crippen molar-refractivity contribution in [3.05, 3.63) is 69.5 Å². The third-order valence-electron chi connectivity index (χ3n) is 4.23. The Morgan fingerprint density at radius 1 is 1.20 bits per heavy atom. The third-order valence-corrected chi connectivity index (χ3v) is 4.23. The summed E-state index contributed by atoms with van der Waals surface area (Å²) in [7, 11) is 0. The van der Waals surface area contributed by atoms with Crippen LogP contribution in [0.5, 0.6) is 17.4 Å². The molecule has 1 N–H and O–H groups in total. The number of ether oxygens (including phenoxy) is 2. The first-order chi connectivity index (χ1) is 12.2. The predicted octanol–water partition coefficient (Wildman–Crippen LogP) is 3.84. The van der Waals surface area contributed by atoms with E-state index in [9.17, 15) is 4.79 Å². The van der Waals surface area contributed by atoms with Crippen LogP contribution in [-0.4, -0.2) is 16.6 Å². The number of hydrogen-bond acceptors (Lipinski definition) is 4. The van der Waals surface area contributed by atoms with E-state index in [1.807, 2.05) is 56.3 Å². The SMILES string of the molecule is CCOc1cccc2c1Oc1nc(-c3ccc(C)cc3)[nH]c(=O)c1C2. The second kappa shape index (κ2) is 6.09. The molecule has 1 aromatic heterocycles. The Morgan fingerprint density at radius 2 is 2.00 bits per heavy atom. The number of aromatic amines is 1. The maximum absolute atomic E-state index is 12.5. The molecule has 25 heavy (non-hydrogen) atoms. The second-order valence-electron chi connectivity index (χ2n) is 6.02. The molecule has 0 saturated carbocycles. The number of fused-ring (bicyclic) bond motifs is 2. The molecular weight excluding hydrogens is 316 g/mol. The molecule has 0 aliphatic carbocycles. The van der Waals surface area contributed by atoms with E-state index in [4.69, 9.17) is 9.47 Å². The van der Waals surface area contributed by atoms with Crippen molar-refractivity contribution in [3.8, 4) is 28.8 Å². The number of para-hydroxylation sites is 1. The van der Waals surface area contributed by atoms with Crippen LogP contribution in [0.25, 0.3) is 11.4 Å². The summed E-state index contributed by atoms with van der Waals surface area (Å²) in [6.45, 7) is 4.49. The predicted molar refractivity (Wildman–Crippen MR) is 95.5 cm³/mol. The van der Waals surface area contributed by atoms with Crippen molar-refractivity contribution in [2.24, 2.45) is 0 Å². The van der Waals surface area contributed by atoms with Crippen LogP contribution in [0.1, 0.15) is 23.6 Å². The van der Waals surface area contributed by atoms with Crippen LogP contribution in [-0.2, 0) is 6.42 Å². The smallest absolute Gasteiger partial charge is 0.258 e. The van der Waals surface area contributed by atoms with Crippen LogP contribution >= 0.6 is 0 Å². The van der Waals surface area contributed by atoms with E-state index < -0.39 is 0 Å². The van der Waals surface area contributed by atoms with E-state index in [0.717, 1.165) is 16.7 Å². The summed E-state index contributed by atoms with van der Waals surface area (Å²) >= 11 is 0. The van der Waals surface area contributed by atoms with Gasteiger partial charge >= 0.3 is 0 Å². The van der Waals surface area contributed by atoms with Crippen LogP contribution in [0.2, 0.25) is 0 Å². The molecule has 4 rings (SSSR count). The summed E-state index contributed by atoms with van der Waals surface area (Å²) < 4.78 is 11.6. The lowest BCUT2D eigenvalue weighted by Gasteiger charge is -2.21. The highest BCUT2D eigenvalue weighted by molar-refractivity contribution is 5.59. The summed E-state index contributed by atoms with van der Waals surface area (Å²) in [5.41, 5.74) is 3.28. The first-order valence-corrected chi connectivity index (χ1v) is 8.28. The highest BCUT2D eigenvalue weighted by atomic mass is 16.5. The number of rotatable bonds is 3. The van der Waals surface area contributed by atoms with Gasteiger partial charge in [0.05, 0.1) is 12.2 Å². The lowest BCUT2D eigenvalue weighted by atomic mass is 10.0. The molecule has 1 aliphatic heterocycles. The van der Waals surface area contributed by atoms with Gasteiger partial charge < -0.3 is 14.5 Å². The van der Waals surface area contributed by atoms with Crippen LogP contribution < -0.4 is 15.0 Å². The minimum Gasteiger partial charge on any atom is -0.490 e. The van der Waals surface area contributed by atoms with Crippen molar-refractivity contribution in [3.63, 3.8) is 0 Å². The molecule has 5 nitrogen and oxygen atoms in total. The third kappa shape index (κ3) is 2.78. The lowest BCUT2D eigenvalue weighted by Crippen LogP contribution is -2.20. The zero-order valence-electron chi connectivity index (χ0n) is 14.1. The van der Waals surface area contributed by atoms with Gasteiger partial charge in [0.25, 0.3) is 5.56 Å². The molecule has 0 unspecified atom stereocenters. The molecule has 0 amide bonds. The van der Waals surface area contributed by atoms with Crippen molar-refractivity contribution < 1.29 is 9.47 Å². The van der Waals surface area contributed by atoms with Crippen LogP contribution in [0.15, 0.2) is 47.3 Å². The molecule has 5 heteroatoms. The number of nitrogens with one attached hydrogen (secondary N) is 1. The zero-order chi connectivity index (χ0) is 17.4. The Balaban J connectivity index is 1.79. The van der Waals surface area contributed by atoms with E-state index in [2.05, 4.69) is 9.97 Å². The number of aromatic nitrogens is 2. The summed E-state index contributed by atoms with van der Waals surface area (Å²) in [5.74, 6) is 2.16. The molecule has 0 bridgehead atoms. The van der Waals surface area contributed by atoms with Gasteiger partial charge in [-0.15, -0.1) is 0 Å². The van der Waals surface area contributed by atoms with E-state index >= 15 is 0 Å². The second-order valence-corrected chi connectivity index (χ2v) is 6.02. The monoisotopic (exact) mass is 334 g/mol. The van der Waals surface area contributed by atoms with Gasteiger partial charge in [-0.25, -0.2) is 0 Å². The highest BCUT2D eigenvalue weighted by Gasteiger charge is 2.25. The van der Waals surface area contributed by atoms with Crippen molar-refractivity contribution in [2.75, 3.05) is 6.61 Å². The Labute approximate surface area is 145 Å². The average Bonchev–Trinajstić information content (AvgIpc) is 2.62. The quantitative estimate of drug-likeness (QED) is 0.618. The maximum Gasteiger partial charge on any atom is 0.258 e. The zero-order valence-corrected chi connectivity index (χ0v) is 14.1. The topological polar surface area (TPSA) is 64.2 Å². The van der Waals surface area contributed by atoms with Gasteiger partial charge in [0, 0.05) is 17.5 Å². The van der Waals surface area contributed by atoms with Crippen LogP contribution in [0, 0.1) is 6.92 Å². The number of nitrogens with zero attached hydrogens (tertiary/aromatic N) is 1. The van der Waals surface area contributed by atoms with Crippen LogP contribution in [0.4, 0.5) is 0 Å². The number of aryl methyl sites for hydroxylation is 1. The average molecular weight is 334 g/mol. The van der Waals surface area contributed by atoms with Gasteiger partial charge in [0.1, 0.15) is 5.82 Å². The maximum atomic E-state index is 12.5. The normalized spacial score (nSPS) is 12.1. The van der Waals surface area contributed by atoms with E-state index in [-0.39, 0.29) is 5.56 Å².